The van der Waals surface area contributed by atoms with Gasteiger partial charge in [-0.25, -0.2) is 14.3 Å². The molecular formula is C21H16N2O5. The Morgan fingerprint density at radius 3 is 2.50 bits per heavy atom. The van der Waals surface area contributed by atoms with Gasteiger partial charge in [0, 0.05) is 29.4 Å². The van der Waals surface area contributed by atoms with E-state index in [9.17, 15) is 14.4 Å². The molecule has 0 aliphatic carbocycles. The van der Waals surface area contributed by atoms with Crippen molar-refractivity contribution < 1.29 is 13.9 Å². The van der Waals surface area contributed by atoms with Gasteiger partial charge in [0.05, 0.1) is 5.39 Å². The SMILES string of the molecule is Cc1cc(=O)oc2c(C)c(OC(=O)c3nn(C)c(=O)c4ccccc34)ccc12. The molecule has 0 N–H and O–H groups in total. The number of esters is 1. The molecule has 2 heterocycles. The van der Waals surface area contributed by atoms with Crippen LogP contribution in [0.15, 0.2) is 56.5 Å². The Kier molecular flexibility index (Phi) is 4.07. The second-order valence-electron chi connectivity index (χ2n) is 6.53. The van der Waals surface area contributed by atoms with E-state index < -0.39 is 11.6 Å². The molecule has 0 amide bonds. The number of hydrogen-bond acceptors (Lipinski definition) is 6. The van der Waals surface area contributed by atoms with Crippen molar-refractivity contribution in [2.45, 2.75) is 13.8 Å². The summed E-state index contributed by atoms with van der Waals surface area (Å²) in [5.41, 5.74) is 0.934. The normalized spacial score (nSPS) is 11.1. The van der Waals surface area contributed by atoms with Gasteiger partial charge in [0.15, 0.2) is 5.69 Å². The second-order valence-corrected chi connectivity index (χ2v) is 6.53. The van der Waals surface area contributed by atoms with Crippen molar-refractivity contribution in [1.29, 1.82) is 0 Å². The van der Waals surface area contributed by atoms with Gasteiger partial charge in [-0.1, -0.05) is 18.2 Å². The summed E-state index contributed by atoms with van der Waals surface area (Å²) < 4.78 is 11.9. The van der Waals surface area contributed by atoms with E-state index in [4.69, 9.17) is 9.15 Å². The minimum atomic E-state index is -0.704. The number of nitrogens with zero attached hydrogens (tertiary/aromatic N) is 2. The summed E-state index contributed by atoms with van der Waals surface area (Å²) in [5.74, 6) is -0.449. The lowest BCUT2D eigenvalue weighted by atomic mass is 10.1. The van der Waals surface area contributed by atoms with Gasteiger partial charge in [0.1, 0.15) is 11.3 Å². The highest BCUT2D eigenvalue weighted by atomic mass is 16.5. The van der Waals surface area contributed by atoms with Crippen LogP contribution in [0.1, 0.15) is 21.6 Å². The van der Waals surface area contributed by atoms with Crippen LogP contribution in [0.3, 0.4) is 0 Å². The molecule has 28 heavy (non-hydrogen) atoms. The third kappa shape index (κ3) is 2.77. The van der Waals surface area contributed by atoms with E-state index >= 15 is 0 Å². The zero-order valence-electron chi connectivity index (χ0n) is 15.5. The van der Waals surface area contributed by atoms with Gasteiger partial charge in [-0.3, -0.25) is 4.79 Å². The predicted octanol–water partition coefficient (Wildman–Crippen LogP) is 2.88. The van der Waals surface area contributed by atoms with Crippen LogP contribution in [0.2, 0.25) is 0 Å². The lowest BCUT2D eigenvalue weighted by Crippen LogP contribution is -2.24. The van der Waals surface area contributed by atoms with Gasteiger partial charge in [-0.05, 0) is 37.6 Å². The molecule has 0 saturated carbocycles. The molecule has 0 bridgehead atoms. The summed E-state index contributed by atoms with van der Waals surface area (Å²) in [4.78, 5) is 36.8. The fourth-order valence-electron chi connectivity index (χ4n) is 3.21. The summed E-state index contributed by atoms with van der Waals surface area (Å²) >= 11 is 0. The summed E-state index contributed by atoms with van der Waals surface area (Å²) in [6.07, 6.45) is 0. The quantitative estimate of drug-likeness (QED) is 0.303. The lowest BCUT2D eigenvalue weighted by molar-refractivity contribution is 0.0727. The fourth-order valence-corrected chi connectivity index (χ4v) is 3.21. The van der Waals surface area contributed by atoms with E-state index in [-0.39, 0.29) is 17.0 Å². The molecule has 7 heteroatoms. The van der Waals surface area contributed by atoms with Gasteiger partial charge < -0.3 is 9.15 Å². The minimum absolute atomic E-state index is 0.0305. The molecule has 140 valence electrons. The van der Waals surface area contributed by atoms with Crippen LogP contribution in [0, 0.1) is 13.8 Å². The number of carbonyl (C=O) groups is 1. The van der Waals surface area contributed by atoms with Crippen LogP contribution >= 0.6 is 0 Å². The average molecular weight is 376 g/mol. The Morgan fingerprint density at radius 1 is 1.04 bits per heavy atom. The number of ether oxygens (including phenoxy) is 1. The first kappa shape index (κ1) is 17.7. The van der Waals surface area contributed by atoms with Crippen molar-refractivity contribution in [1.82, 2.24) is 9.78 Å². The van der Waals surface area contributed by atoms with Crippen LogP contribution in [0.4, 0.5) is 0 Å². The molecule has 4 aromatic rings. The van der Waals surface area contributed by atoms with Gasteiger partial charge in [-0.2, -0.15) is 5.10 Å². The van der Waals surface area contributed by atoms with Crippen LogP contribution < -0.4 is 15.9 Å². The highest BCUT2D eigenvalue weighted by molar-refractivity contribution is 6.03. The second kappa shape index (κ2) is 6.45. The minimum Gasteiger partial charge on any atom is -0.422 e. The Balaban J connectivity index is 1.83. The van der Waals surface area contributed by atoms with Gasteiger partial charge in [-0.15, -0.1) is 0 Å². The lowest BCUT2D eigenvalue weighted by Gasteiger charge is -2.11. The first-order chi connectivity index (χ1) is 13.4. The zero-order valence-corrected chi connectivity index (χ0v) is 15.5. The number of aryl methyl sites for hydroxylation is 3. The molecule has 0 aliphatic rings. The molecule has 0 radical (unpaired) electrons. The number of fused-ring (bicyclic) bond motifs is 2. The van der Waals surface area contributed by atoms with Crippen LogP contribution in [0.5, 0.6) is 5.75 Å². The van der Waals surface area contributed by atoms with Crippen LogP contribution in [-0.4, -0.2) is 15.7 Å². The van der Waals surface area contributed by atoms with E-state index in [1.54, 1.807) is 43.3 Å². The fraction of sp³-hybridized carbons (Fsp3) is 0.143. The topological polar surface area (TPSA) is 91.4 Å². The Hall–Kier alpha value is -3.74. The molecule has 0 atom stereocenters. The number of aromatic nitrogens is 2. The molecule has 2 aromatic heterocycles. The zero-order chi connectivity index (χ0) is 20.0. The molecule has 0 unspecified atom stereocenters. The van der Waals surface area contributed by atoms with E-state index in [0.717, 1.165) is 15.6 Å². The molecule has 0 saturated heterocycles. The van der Waals surface area contributed by atoms with E-state index in [0.29, 0.717) is 21.9 Å². The van der Waals surface area contributed by atoms with Crippen LogP contribution in [0.25, 0.3) is 21.7 Å². The Morgan fingerprint density at radius 2 is 1.75 bits per heavy atom. The van der Waals surface area contributed by atoms with Gasteiger partial charge >= 0.3 is 11.6 Å². The molecular weight excluding hydrogens is 360 g/mol. The number of carbonyl (C=O) groups excluding carboxylic acids is 1. The molecule has 7 nitrogen and oxygen atoms in total. The molecule has 0 spiro atoms. The van der Waals surface area contributed by atoms with Gasteiger partial charge in [0.25, 0.3) is 5.56 Å². The monoisotopic (exact) mass is 376 g/mol. The number of benzene rings is 2. The molecule has 0 fully saturated rings. The molecule has 4 rings (SSSR count). The summed E-state index contributed by atoms with van der Waals surface area (Å²) in [6, 6.07) is 11.5. The van der Waals surface area contributed by atoms with Crippen LogP contribution in [-0.2, 0) is 7.05 Å². The summed E-state index contributed by atoms with van der Waals surface area (Å²) in [5, 5.41) is 5.63. The Labute approximate surface area is 158 Å². The Bertz CT molecular complexity index is 1380. The highest BCUT2D eigenvalue weighted by Gasteiger charge is 2.19. The highest BCUT2D eigenvalue weighted by Crippen LogP contribution is 2.29. The molecule has 0 aliphatic heterocycles. The maximum atomic E-state index is 12.8. The first-order valence-corrected chi connectivity index (χ1v) is 8.59. The number of rotatable bonds is 2. The van der Waals surface area contributed by atoms with Crippen molar-refractivity contribution >= 4 is 27.7 Å². The molecule has 2 aromatic carbocycles. The van der Waals surface area contributed by atoms with Crippen molar-refractivity contribution in [3.8, 4) is 5.75 Å². The first-order valence-electron chi connectivity index (χ1n) is 8.59. The maximum Gasteiger partial charge on any atom is 0.364 e. The standard InChI is InChI=1S/C21H16N2O5/c1-11-10-17(24)28-19-12(2)16(9-8-13(11)19)27-21(26)18-14-6-4-5-7-15(14)20(25)23(3)22-18/h4-10H,1-3H3. The van der Waals surface area contributed by atoms with Crippen molar-refractivity contribution in [3.63, 3.8) is 0 Å². The summed E-state index contributed by atoms with van der Waals surface area (Å²) in [7, 11) is 1.48. The average Bonchev–Trinajstić information content (AvgIpc) is 2.67. The van der Waals surface area contributed by atoms with Crippen molar-refractivity contribution in [3.05, 3.63) is 80.1 Å². The smallest absolute Gasteiger partial charge is 0.364 e. The summed E-state index contributed by atoms with van der Waals surface area (Å²) in [6.45, 7) is 3.52. The third-order valence-corrected chi connectivity index (χ3v) is 4.67. The van der Waals surface area contributed by atoms with E-state index in [1.807, 2.05) is 6.92 Å². The van der Waals surface area contributed by atoms with Gasteiger partial charge in [0.2, 0.25) is 0 Å². The maximum absolute atomic E-state index is 12.8. The van der Waals surface area contributed by atoms with E-state index in [1.165, 1.54) is 13.1 Å². The number of hydrogen-bond donors (Lipinski definition) is 0. The predicted molar refractivity (Wildman–Crippen MR) is 104 cm³/mol. The van der Waals surface area contributed by atoms with Crippen molar-refractivity contribution in [2.24, 2.45) is 7.05 Å². The largest absolute Gasteiger partial charge is 0.422 e. The van der Waals surface area contributed by atoms with E-state index in [2.05, 4.69) is 5.10 Å². The van der Waals surface area contributed by atoms with Crippen molar-refractivity contribution in [2.75, 3.05) is 0 Å². The third-order valence-electron chi connectivity index (χ3n) is 4.67.